The fourth-order valence-electron chi connectivity index (χ4n) is 2.50. The maximum atomic E-state index is 12.8. The summed E-state index contributed by atoms with van der Waals surface area (Å²) >= 11 is 0. The van der Waals surface area contributed by atoms with E-state index in [1.54, 1.807) is 16.4 Å². The lowest BCUT2D eigenvalue weighted by atomic mass is 10.1. The first-order valence-electron chi connectivity index (χ1n) is 7.35. The molecule has 0 spiro atoms. The van der Waals surface area contributed by atoms with Crippen LogP contribution in [0.25, 0.3) is 0 Å². The van der Waals surface area contributed by atoms with Crippen LogP contribution < -0.4 is 5.32 Å². The van der Waals surface area contributed by atoms with Crippen molar-refractivity contribution < 1.29 is 13.2 Å². The lowest BCUT2D eigenvalue weighted by Crippen LogP contribution is -2.45. The topological polar surface area (TPSA) is 58.6 Å². The molecule has 0 amide bonds. The molecule has 1 heterocycles. The van der Waals surface area contributed by atoms with Gasteiger partial charge in [0.2, 0.25) is 10.0 Å². The minimum absolute atomic E-state index is 0.00393. The summed E-state index contributed by atoms with van der Waals surface area (Å²) in [6.45, 7) is 5.99. The Bertz CT molecular complexity index is 587. The first-order chi connectivity index (χ1) is 9.98. The molecule has 1 saturated heterocycles. The van der Waals surface area contributed by atoms with E-state index in [1.165, 1.54) is 0 Å². The van der Waals surface area contributed by atoms with Gasteiger partial charge in [0.15, 0.2) is 0 Å². The van der Waals surface area contributed by atoms with Crippen molar-refractivity contribution in [3.63, 3.8) is 0 Å². The van der Waals surface area contributed by atoms with Crippen LogP contribution in [0.2, 0.25) is 0 Å². The third-order valence-corrected chi connectivity index (χ3v) is 5.74. The SMILES string of the molecule is CCC1CN(S(=O)(=O)c2ccc(C)c(CNC)c2)CCO1. The zero-order valence-corrected chi connectivity index (χ0v) is 13.7. The van der Waals surface area contributed by atoms with Gasteiger partial charge in [-0.05, 0) is 43.7 Å². The normalized spacial score (nSPS) is 20.6. The molecule has 0 radical (unpaired) electrons. The summed E-state index contributed by atoms with van der Waals surface area (Å²) in [6.07, 6.45) is 0.820. The first kappa shape index (κ1) is 16.4. The number of ether oxygens (including phenoxy) is 1. The van der Waals surface area contributed by atoms with E-state index in [-0.39, 0.29) is 6.10 Å². The van der Waals surface area contributed by atoms with Gasteiger partial charge in [-0.1, -0.05) is 13.0 Å². The number of hydrogen-bond donors (Lipinski definition) is 1. The second-order valence-corrected chi connectivity index (χ2v) is 7.32. The van der Waals surface area contributed by atoms with Gasteiger partial charge in [-0.2, -0.15) is 4.31 Å². The summed E-state index contributed by atoms with van der Waals surface area (Å²) in [4.78, 5) is 0.370. The molecule has 1 aliphatic heterocycles. The second kappa shape index (κ2) is 6.87. The van der Waals surface area contributed by atoms with Crippen molar-refractivity contribution in [1.82, 2.24) is 9.62 Å². The van der Waals surface area contributed by atoms with Crippen LogP contribution in [0, 0.1) is 6.92 Å². The largest absolute Gasteiger partial charge is 0.375 e. The minimum Gasteiger partial charge on any atom is -0.375 e. The Morgan fingerprint density at radius 1 is 1.43 bits per heavy atom. The third-order valence-electron chi connectivity index (χ3n) is 3.88. The lowest BCUT2D eigenvalue weighted by Gasteiger charge is -2.31. The molecule has 1 unspecified atom stereocenters. The van der Waals surface area contributed by atoms with E-state index < -0.39 is 10.0 Å². The van der Waals surface area contributed by atoms with Crippen LogP contribution in [0.4, 0.5) is 0 Å². The van der Waals surface area contributed by atoms with Crippen LogP contribution >= 0.6 is 0 Å². The van der Waals surface area contributed by atoms with Crippen molar-refractivity contribution in [1.29, 1.82) is 0 Å². The van der Waals surface area contributed by atoms with Gasteiger partial charge in [-0.25, -0.2) is 8.42 Å². The highest BCUT2D eigenvalue weighted by Gasteiger charge is 2.30. The van der Waals surface area contributed by atoms with E-state index in [2.05, 4.69) is 5.32 Å². The van der Waals surface area contributed by atoms with Crippen molar-refractivity contribution >= 4 is 10.0 Å². The van der Waals surface area contributed by atoms with Crippen LogP contribution in [-0.2, 0) is 21.3 Å². The molecule has 1 aliphatic rings. The minimum atomic E-state index is -3.44. The molecular weight excluding hydrogens is 288 g/mol. The molecule has 1 aromatic carbocycles. The molecule has 0 saturated carbocycles. The monoisotopic (exact) mass is 312 g/mol. The number of nitrogens with one attached hydrogen (secondary N) is 1. The fraction of sp³-hybridized carbons (Fsp3) is 0.600. The van der Waals surface area contributed by atoms with Gasteiger partial charge < -0.3 is 10.1 Å². The molecule has 6 heteroatoms. The van der Waals surface area contributed by atoms with Crippen LogP contribution in [0.3, 0.4) is 0 Å². The van der Waals surface area contributed by atoms with Gasteiger partial charge in [0.1, 0.15) is 0 Å². The number of sulfonamides is 1. The van der Waals surface area contributed by atoms with Crippen molar-refractivity contribution in [3.8, 4) is 0 Å². The summed E-state index contributed by atoms with van der Waals surface area (Å²) in [7, 11) is -1.58. The molecule has 0 bridgehead atoms. The maximum absolute atomic E-state index is 12.8. The summed E-state index contributed by atoms with van der Waals surface area (Å²) in [6, 6.07) is 5.34. The zero-order chi connectivity index (χ0) is 15.5. The van der Waals surface area contributed by atoms with Crippen LogP contribution in [-0.4, -0.2) is 45.6 Å². The predicted octanol–water partition coefficient (Wildman–Crippen LogP) is 1.51. The van der Waals surface area contributed by atoms with E-state index in [0.717, 1.165) is 17.5 Å². The summed E-state index contributed by atoms with van der Waals surface area (Å²) in [5.41, 5.74) is 2.11. The van der Waals surface area contributed by atoms with E-state index in [1.807, 2.05) is 27.0 Å². The van der Waals surface area contributed by atoms with E-state index in [9.17, 15) is 8.42 Å². The Morgan fingerprint density at radius 3 is 2.86 bits per heavy atom. The average molecular weight is 312 g/mol. The maximum Gasteiger partial charge on any atom is 0.243 e. The highest BCUT2D eigenvalue weighted by Crippen LogP contribution is 2.22. The summed E-state index contributed by atoms with van der Waals surface area (Å²) in [5, 5.41) is 3.07. The van der Waals surface area contributed by atoms with Crippen LogP contribution in [0.15, 0.2) is 23.1 Å². The summed E-state index contributed by atoms with van der Waals surface area (Å²) in [5.74, 6) is 0. The molecule has 1 fully saturated rings. The Kier molecular flexibility index (Phi) is 5.37. The van der Waals surface area contributed by atoms with E-state index in [4.69, 9.17) is 4.74 Å². The summed E-state index contributed by atoms with van der Waals surface area (Å²) < 4.78 is 32.6. The number of aryl methyl sites for hydroxylation is 1. The molecule has 2 rings (SSSR count). The van der Waals surface area contributed by atoms with Crippen molar-refractivity contribution in [2.45, 2.75) is 37.8 Å². The molecule has 0 aliphatic carbocycles. The van der Waals surface area contributed by atoms with Gasteiger partial charge in [0.25, 0.3) is 0 Å². The Labute approximate surface area is 127 Å². The average Bonchev–Trinajstić information content (AvgIpc) is 2.49. The smallest absolute Gasteiger partial charge is 0.243 e. The number of morpholine rings is 1. The molecule has 1 aromatic rings. The number of nitrogens with zero attached hydrogens (tertiary/aromatic N) is 1. The van der Waals surface area contributed by atoms with Gasteiger partial charge >= 0.3 is 0 Å². The van der Waals surface area contributed by atoms with Crippen molar-refractivity contribution in [2.24, 2.45) is 0 Å². The molecule has 118 valence electrons. The number of benzene rings is 1. The standard InChI is InChI=1S/C15H24N2O3S/c1-4-14-11-17(7-8-20-14)21(18,19)15-6-5-12(2)13(9-15)10-16-3/h5-6,9,14,16H,4,7-8,10-11H2,1-3H3. The highest BCUT2D eigenvalue weighted by atomic mass is 32.2. The van der Waals surface area contributed by atoms with Crippen molar-refractivity contribution in [3.05, 3.63) is 29.3 Å². The second-order valence-electron chi connectivity index (χ2n) is 5.38. The van der Waals surface area contributed by atoms with E-state index >= 15 is 0 Å². The highest BCUT2D eigenvalue weighted by molar-refractivity contribution is 7.89. The van der Waals surface area contributed by atoms with E-state index in [0.29, 0.717) is 31.1 Å². The Hall–Kier alpha value is -0.950. The predicted molar refractivity (Wildman–Crippen MR) is 82.7 cm³/mol. The first-order valence-corrected chi connectivity index (χ1v) is 8.79. The fourth-order valence-corrected chi connectivity index (χ4v) is 4.00. The van der Waals surface area contributed by atoms with Gasteiger partial charge in [-0.15, -0.1) is 0 Å². The number of rotatable bonds is 5. The molecule has 1 atom stereocenters. The van der Waals surface area contributed by atoms with Gasteiger partial charge in [0, 0.05) is 19.6 Å². The van der Waals surface area contributed by atoms with Crippen LogP contribution in [0.5, 0.6) is 0 Å². The Balaban J connectivity index is 2.28. The molecular formula is C15H24N2O3S. The Morgan fingerprint density at radius 2 is 2.19 bits per heavy atom. The number of hydrogen-bond acceptors (Lipinski definition) is 4. The molecule has 21 heavy (non-hydrogen) atoms. The van der Waals surface area contributed by atoms with Crippen molar-refractivity contribution in [2.75, 3.05) is 26.7 Å². The molecule has 5 nitrogen and oxygen atoms in total. The lowest BCUT2D eigenvalue weighted by molar-refractivity contribution is -0.00278. The molecule has 0 aromatic heterocycles. The third kappa shape index (κ3) is 3.63. The quantitative estimate of drug-likeness (QED) is 0.895. The van der Waals surface area contributed by atoms with Gasteiger partial charge in [-0.3, -0.25) is 0 Å². The van der Waals surface area contributed by atoms with Gasteiger partial charge in [0.05, 0.1) is 17.6 Å². The zero-order valence-electron chi connectivity index (χ0n) is 12.9. The van der Waals surface area contributed by atoms with Crippen LogP contribution in [0.1, 0.15) is 24.5 Å². The molecule has 1 N–H and O–H groups in total.